The number of methoxy groups -OCH3 is 1. The van der Waals surface area contributed by atoms with Crippen LogP contribution in [0.4, 0.5) is 0 Å². The van der Waals surface area contributed by atoms with Crippen molar-refractivity contribution >= 4 is 11.9 Å². The van der Waals surface area contributed by atoms with Crippen molar-refractivity contribution in [2.45, 2.75) is 31.7 Å². The number of fused-ring (bicyclic) bond motifs is 1. The van der Waals surface area contributed by atoms with E-state index in [2.05, 4.69) is 16.3 Å². The number of aromatic nitrogens is 2. The highest BCUT2D eigenvalue weighted by molar-refractivity contribution is 5.89. The van der Waals surface area contributed by atoms with Gasteiger partial charge in [0, 0.05) is 49.5 Å². The summed E-state index contributed by atoms with van der Waals surface area (Å²) < 4.78 is 4.75. The number of H-pyrrole nitrogens is 1. The van der Waals surface area contributed by atoms with E-state index in [0.29, 0.717) is 25.1 Å². The van der Waals surface area contributed by atoms with E-state index in [1.807, 2.05) is 30.3 Å². The molecule has 0 saturated heterocycles. The van der Waals surface area contributed by atoms with Crippen LogP contribution < -0.4 is 0 Å². The lowest BCUT2D eigenvalue weighted by Crippen LogP contribution is -2.37. The second kappa shape index (κ2) is 7.83. The van der Waals surface area contributed by atoms with Gasteiger partial charge in [0.05, 0.1) is 13.2 Å². The van der Waals surface area contributed by atoms with Gasteiger partial charge in [-0.2, -0.15) is 10.4 Å². The minimum atomic E-state index is -0.511. The topological polar surface area (TPSA) is 99.1 Å². The van der Waals surface area contributed by atoms with Crippen molar-refractivity contribution in [3.8, 4) is 6.07 Å². The Hall–Kier alpha value is -3.14. The van der Waals surface area contributed by atoms with Gasteiger partial charge < -0.3 is 9.64 Å². The van der Waals surface area contributed by atoms with E-state index in [1.54, 1.807) is 4.90 Å². The van der Waals surface area contributed by atoms with Crippen LogP contribution in [-0.2, 0) is 22.5 Å². The van der Waals surface area contributed by atoms with Crippen LogP contribution in [0.15, 0.2) is 30.3 Å². The van der Waals surface area contributed by atoms with Gasteiger partial charge in [0.1, 0.15) is 0 Å². The van der Waals surface area contributed by atoms with Crippen LogP contribution in [0, 0.1) is 11.3 Å². The number of hydrogen-bond donors (Lipinski definition) is 1. The van der Waals surface area contributed by atoms with Gasteiger partial charge in [0.25, 0.3) is 0 Å². The fourth-order valence-corrected chi connectivity index (χ4v) is 3.26. The molecule has 0 fully saturated rings. The average molecular weight is 352 g/mol. The smallest absolute Gasteiger partial charge is 0.358 e. The molecule has 1 N–H and O–H groups in total. The van der Waals surface area contributed by atoms with E-state index in [1.165, 1.54) is 7.11 Å². The number of nitrogens with one attached hydrogen (secondary N) is 1. The van der Waals surface area contributed by atoms with Gasteiger partial charge in [-0.25, -0.2) is 4.79 Å². The molecule has 3 rings (SSSR count). The molecule has 0 radical (unpaired) electrons. The third-order valence-electron chi connectivity index (χ3n) is 4.69. The Morgan fingerprint density at radius 2 is 2.15 bits per heavy atom. The predicted molar refractivity (Wildman–Crippen MR) is 93.1 cm³/mol. The van der Waals surface area contributed by atoms with Crippen LogP contribution in [-0.4, -0.2) is 40.6 Å². The Kier molecular flexibility index (Phi) is 5.32. The molecule has 1 aromatic heterocycles. The number of nitrogens with zero attached hydrogens (tertiary/aromatic N) is 3. The summed E-state index contributed by atoms with van der Waals surface area (Å²) in [6, 6.07) is 11.8. The quantitative estimate of drug-likeness (QED) is 0.832. The third kappa shape index (κ3) is 3.59. The predicted octanol–water partition coefficient (Wildman–Crippen LogP) is 2.17. The number of amides is 1. The largest absolute Gasteiger partial charge is 0.464 e. The van der Waals surface area contributed by atoms with E-state index >= 15 is 0 Å². The van der Waals surface area contributed by atoms with E-state index < -0.39 is 5.97 Å². The van der Waals surface area contributed by atoms with Crippen molar-refractivity contribution < 1.29 is 14.3 Å². The van der Waals surface area contributed by atoms with Crippen molar-refractivity contribution in [1.29, 1.82) is 5.26 Å². The van der Waals surface area contributed by atoms with Crippen LogP contribution in [0.5, 0.6) is 0 Å². The first-order chi connectivity index (χ1) is 12.6. The maximum atomic E-state index is 12.8. The molecule has 1 atom stereocenters. The first-order valence-electron chi connectivity index (χ1n) is 8.48. The van der Waals surface area contributed by atoms with Gasteiger partial charge in [-0.1, -0.05) is 30.3 Å². The van der Waals surface area contributed by atoms with Gasteiger partial charge in [-0.15, -0.1) is 0 Å². The fraction of sp³-hybridized carbons (Fsp3) is 0.368. The molecule has 134 valence electrons. The number of ether oxygens (including phenoxy) is 1. The van der Waals surface area contributed by atoms with Crippen molar-refractivity contribution in [3.05, 3.63) is 52.8 Å². The molecular formula is C19H20N4O3. The zero-order chi connectivity index (χ0) is 18.5. The van der Waals surface area contributed by atoms with Gasteiger partial charge in [-0.3, -0.25) is 9.89 Å². The summed E-state index contributed by atoms with van der Waals surface area (Å²) in [5, 5.41) is 16.0. The first kappa shape index (κ1) is 17.7. The zero-order valence-electron chi connectivity index (χ0n) is 14.6. The molecule has 0 aliphatic carbocycles. The minimum Gasteiger partial charge on any atom is -0.464 e. The summed E-state index contributed by atoms with van der Waals surface area (Å²) in [6.07, 6.45) is 1.16. The Balaban J connectivity index is 1.74. The molecule has 7 heteroatoms. The Morgan fingerprint density at radius 3 is 2.85 bits per heavy atom. The number of carbonyl (C=O) groups is 2. The van der Waals surface area contributed by atoms with Crippen LogP contribution in [0.3, 0.4) is 0 Å². The summed E-state index contributed by atoms with van der Waals surface area (Å²) >= 11 is 0. The molecule has 1 aromatic carbocycles. The van der Waals surface area contributed by atoms with Gasteiger partial charge >= 0.3 is 5.97 Å². The van der Waals surface area contributed by atoms with Crippen LogP contribution in [0.1, 0.15) is 46.1 Å². The monoisotopic (exact) mass is 352 g/mol. The molecule has 2 aromatic rings. The number of aromatic amines is 1. The Morgan fingerprint density at radius 1 is 1.38 bits per heavy atom. The van der Waals surface area contributed by atoms with E-state index in [-0.39, 0.29) is 30.4 Å². The van der Waals surface area contributed by atoms with Crippen LogP contribution in [0.25, 0.3) is 0 Å². The molecule has 0 bridgehead atoms. The maximum absolute atomic E-state index is 12.8. The molecule has 1 aliphatic heterocycles. The van der Waals surface area contributed by atoms with Crippen molar-refractivity contribution in [2.75, 3.05) is 13.7 Å². The molecule has 1 unspecified atom stereocenters. The molecule has 26 heavy (non-hydrogen) atoms. The molecule has 0 spiro atoms. The molecule has 1 aliphatic rings. The van der Waals surface area contributed by atoms with Crippen molar-refractivity contribution in [3.63, 3.8) is 0 Å². The summed E-state index contributed by atoms with van der Waals surface area (Å²) in [5.41, 5.74) is 2.80. The molecule has 2 heterocycles. The molecule has 1 amide bonds. The van der Waals surface area contributed by atoms with Crippen molar-refractivity contribution in [1.82, 2.24) is 15.1 Å². The van der Waals surface area contributed by atoms with Gasteiger partial charge in [0.15, 0.2) is 5.69 Å². The number of hydrogen-bond acceptors (Lipinski definition) is 5. The number of esters is 1. The lowest BCUT2D eigenvalue weighted by atomic mass is 9.92. The van der Waals surface area contributed by atoms with Crippen LogP contribution in [0.2, 0.25) is 0 Å². The number of nitriles is 1. The fourth-order valence-electron chi connectivity index (χ4n) is 3.26. The zero-order valence-corrected chi connectivity index (χ0v) is 14.6. The highest BCUT2D eigenvalue weighted by Crippen LogP contribution is 2.26. The standard InChI is InChI=1S/C19H20N4O3/c1-26-19(25)18-15-12-23(10-8-16(15)21-22-18)17(24)11-14(7-9-20)13-5-3-2-4-6-13/h2-6,14H,7-8,10-12H2,1H3,(H,21,22). The summed E-state index contributed by atoms with van der Waals surface area (Å²) in [4.78, 5) is 26.4. The van der Waals surface area contributed by atoms with Crippen LogP contribution >= 0.6 is 0 Å². The number of carbonyl (C=O) groups excluding carboxylic acids is 2. The first-order valence-corrected chi connectivity index (χ1v) is 8.48. The second-order valence-electron chi connectivity index (χ2n) is 6.26. The Labute approximate surface area is 151 Å². The third-order valence-corrected chi connectivity index (χ3v) is 4.69. The van der Waals surface area contributed by atoms with E-state index in [0.717, 1.165) is 11.3 Å². The highest BCUT2D eigenvalue weighted by Gasteiger charge is 2.29. The number of rotatable bonds is 5. The molecule has 0 saturated carbocycles. The van der Waals surface area contributed by atoms with E-state index in [9.17, 15) is 9.59 Å². The average Bonchev–Trinajstić information content (AvgIpc) is 3.11. The van der Waals surface area contributed by atoms with E-state index in [4.69, 9.17) is 10.00 Å². The Bertz CT molecular complexity index is 838. The van der Waals surface area contributed by atoms with Gasteiger partial charge in [-0.05, 0) is 5.56 Å². The normalized spacial score (nSPS) is 14.2. The summed E-state index contributed by atoms with van der Waals surface area (Å²) in [5.74, 6) is -0.681. The molecule has 7 nitrogen and oxygen atoms in total. The maximum Gasteiger partial charge on any atom is 0.358 e. The summed E-state index contributed by atoms with van der Waals surface area (Å²) in [7, 11) is 1.31. The summed E-state index contributed by atoms with van der Waals surface area (Å²) in [6.45, 7) is 0.881. The SMILES string of the molecule is COC(=O)c1n[nH]c2c1CN(C(=O)CC(CC#N)c1ccccc1)CC2. The van der Waals surface area contributed by atoms with Crippen molar-refractivity contribution in [2.24, 2.45) is 0 Å². The lowest BCUT2D eigenvalue weighted by molar-refractivity contribution is -0.132. The van der Waals surface area contributed by atoms with Gasteiger partial charge in [0.2, 0.25) is 5.91 Å². The highest BCUT2D eigenvalue weighted by atomic mass is 16.5. The minimum absolute atomic E-state index is 0.0308. The second-order valence-corrected chi connectivity index (χ2v) is 6.26. The number of benzene rings is 1. The lowest BCUT2D eigenvalue weighted by Gasteiger charge is -2.28. The molecular weight excluding hydrogens is 332 g/mol.